The van der Waals surface area contributed by atoms with Crippen molar-refractivity contribution in [2.24, 2.45) is 68.7 Å². The molecule has 0 bridgehead atoms. The molecule has 11 atom stereocenters. The van der Waals surface area contributed by atoms with Crippen LogP contribution in [-0.4, -0.2) is 46.1 Å². The van der Waals surface area contributed by atoms with E-state index in [-0.39, 0.29) is 64.5 Å². The molecule has 4 aliphatic carbocycles. The Hall–Kier alpha value is -4.32. The monoisotopic (exact) mass is 776 g/mol. The molecule has 2 aromatic rings. The number of guanidine groups is 1. The first-order chi connectivity index (χ1) is 26.4. The molecule has 12 heteroatoms. The molecule has 4 saturated carbocycles. The number of amides is 2. The molecule has 0 aliphatic heterocycles. The van der Waals surface area contributed by atoms with Crippen molar-refractivity contribution in [3.8, 4) is 11.5 Å². The summed E-state index contributed by atoms with van der Waals surface area (Å²) in [5.74, 6) is -1.65. The van der Waals surface area contributed by atoms with Crippen LogP contribution < -0.4 is 21.5 Å². The highest BCUT2D eigenvalue weighted by molar-refractivity contribution is 6.01. The van der Waals surface area contributed by atoms with Gasteiger partial charge in [0.2, 0.25) is 5.91 Å². The number of hydrogen-bond acceptors (Lipinski definition) is 5. The lowest BCUT2D eigenvalue weighted by Gasteiger charge is -2.64. The van der Waals surface area contributed by atoms with E-state index in [0.717, 1.165) is 68.7 Å². The summed E-state index contributed by atoms with van der Waals surface area (Å²) in [5, 5.41) is 24.5. The fraction of sp³-hybridized carbons (Fsp3) is 0.591. The van der Waals surface area contributed by atoms with Gasteiger partial charge in [0.15, 0.2) is 23.3 Å². The van der Waals surface area contributed by atoms with Crippen LogP contribution >= 0.6 is 0 Å². The Morgan fingerprint density at radius 1 is 1.04 bits per heavy atom. The van der Waals surface area contributed by atoms with Crippen molar-refractivity contribution in [1.29, 1.82) is 0 Å². The van der Waals surface area contributed by atoms with Crippen molar-refractivity contribution >= 4 is 29.3 Å². The highest BCUT2D eigenvalue weighted by Crippen LogP contribution is 2.70. The first kappa shape index (κ1) is 41.3. The number of fused-ring (bicyclic) bond motifs is 5. The number of benzene rings is 2. The zero-order chi connectivity index (χ0) is 40.7. The van der Waals surface area contributed by atoms with Crippen LogP contribution in [0.1, 0.15) is 104 Å². The molecule has 2 amide bonds. The van der Waals surface area contributed by atoms with Crippen molar-refractivity contribution in [1.82, 2.24) is 5.32 Å². The van der Waals surface area contributed by atoms with E-state index in [1.165, 1.54) is 6.92 Å². The number of aliphatic hydroxyl groups is 1. The van der Waals surface area contributed by atoms with Gasteiger partial charge in [0.1, 0.15) is 5.75 Å². The molecule has 0 aromatic heterocycles. The Balaban J connectivity index is 1.04. The van der Waals surface area contributed by atoms with E-state index < -0.39 is 35.2 Å². The van der Waals surface area contributed by atoms with Crippen molar-refractivity contribution in [3.63, 3.8) is 0 Å². The summed E-state index contributed by atoms with van der Waals surface area (Å²) in [7, 11) is 0. The second-order valence-electron chi connectivity index (χ2n) is 17.8. The van der Waals surface area contributed by atoms with Crippen LogP contribution in [0.5, 0.6) is 11.5 Å². The van der Waals surface area contributed by atoms with Gasteiger partial charge in [-0.15, -0.1) is 0 Å². The second kappa shape index (κ2) is 16.3. The number of allylic oxidation sites excluding steroid dienone is 1. The van der Waals surface area contributed by atoms with Crippen LogP contribution in [0.25, 0.3) is 5.57 Å². The Labute approximate surface area is 328 Å². The molecule has 0 unspecified atom stereocenters. The van der Waals surface area contributed by atoms with Gasteiger partial charge in [-0.2, -0.15) is 4.99 Å². The highest BCUT2D eigenvalue weighted by Gasteiger charge is 2.65. The first-order valence-corrected chi connectivity index (χ1v) is 20.2. The smallest absolute Gasteiger partial charge is 0.303 e. The van der Waals surface area contributed by atoms with Gasteiger partial charge in [0.05, 0.1) is 12.5 Å². The lowest BCUT2D eigenvalue weighted by molar-refractivity contribution is -0.183. The third-order valence-corrected chi connectivity index (χ3v) is 14.7. The van der Waals surface area contributed by atoms with Gasteiger partial charge in [-0.25, -0.2) is 8.78 Å². The lowest BCUT2D eigenvalue weighted by Crippen LogP contribution is -2.61. The van der Waals surface area contributed by atoms with Crippen LogP contribution in [0, 0.1) is 63.9 Å². The number of carbonyl (C=O) groups excluding carboxylic acids is 2. The van der Waals surface area contributed by atoms with Gasteiger partial charge < -0.3 is 31.7 Å². The maximum atomic E-state index is 15.0. The number of carbonyl (C=O) groups is 3. The molecular weight excluding hydrogens is 719 g/mol. The molecular formula is C44H58F2N4O6. The molecule has 10 nitrogen and oxygen atoms in total. The lowest BCUT2D eigenvalue weighted by atomic mass is 9.41. The van der Waals surface area contributed by atoms with Gasteiger partial charge in [-0.1, -0.05) is 39.8 Å². The van der Waals surface area contributed by atoms with Crippen LogP contribution in [0.4, 0.5) is 8.78 Å². The van der Waals surface area contributed by atoms with Crippen LogP contribution in [0.15, 0.2) is 47.5 Å². The molecule has 0 spiro atoms. The number of carboxylic acid groups (broad SMARTS) is 1. The van der Waals surface area contributed by atoms with E-state index >= 15 is 0 Å². The number of aliphatic hydroxyl groups excluding tert-OH is 1. The minimum Gasteiger partial charge on any atom is -0.481 e. The number of rotatable bonds is 11. The summed E-state index contributed by atoms with van der Waals surface area (Å²) in [4.78, 5) is 39.9. The molecule has 0 radical (unpaired) electrons. The van der Waals surface area contributed by atoms with E-state index in [9.17, 15) is 33.4 Å². The molecule has 4 fully saturated rings. The number of hydrogen-bond donors (Lipinski definition) is 5. The summed E-state index contributed by atoms with van der Waals surface area (Å²) in [5.41, 5.74) is 11.7. The zero-order valence-corrected chi connectivity index (χ0v) is 33.2. The highest BCUT2D eigenvalue weighted by atomic mass is 19.1. The average Bonchev–Trinajstić information content (AvgIpc) is 3.48. The van der Waals surface area contributed by atoms with Crippen molar-refractivity contribution < 1.29 is 38.1 Å². The largest absolute Gasteiger partial charge is 0.481 e. The van der Waals surface area contributed by atoms with Gasteiger partial charge in [0, 0.05) is 18.5 Å². The topological polar surface area (TPSA) is 177 Å². The minimum absolute atomic E-state index is 0.0150. The third kappa shape index (κ3) is 8.22. The molecule has 0 saturated heterocycles. The van der Waals surface area contributed by atoms with E-state index in [1.54, 1.807) is 24.3 Å². The van der Waals surface area contributed by atoms with E-state index in [0.29, 0.717) is 41.9 Å². The summed E-state index contributed by atoms with van der Waals surface area (Å²) >= 11 is 0. The predicted octanol–water partition coefficient (Wildman–Crippen LogP) is 7.36. The number of ether oxygens (including phenoxy) is 1. The quantitative estimate of drug-likeness (QED) is 0.0893. The number of aliphatic imine (C=N–C) groups is 1. The fourth-order valence-electron chi connectivity index (χ4n) is 11.8. The number of nitrogens with zero attached hydrogens (tertiary/aromatic N) is 1. The molecule has 2 aromatic carbocycles. The number of nitrogens with two attached hydrogens (primary N) is 2. The summed E-state index contributed by atoms with van der Waals surface area (Å²) < 4.78 is 35.4. The SMILES string of the molecule is C/C(=C\C(=O)N=C(N)N)c1cc(F)c(Oc2ccc(CC(=O)N[C@H]3CC[C@@]4(C)[C@@H](C3)C[C@@H](O)[C@@H]3[C@@H]4C[C@H](C)[C@]4(C)[C@@H]([C@H](C)CCC(=O)O)CC[C@@H]34)cc2)c(F)c1. The van der Waals surface area contributed by atoms with Crippen LogP contribution in [0.2, 0.25) is 0 Å². The zero-order valence-electron chi connectivity index (χ0n) is 33.2. The van der Waals surface area contributed by atoms with E-state index in [2.05, 4.69) is 38.0 Å². The summed E-state index contributed by atoms with van der Waals surface area (Å²) in [6.45, 7) is 11.0. The molecule has 56 heavy (non-hydrogen) atoms. The number of carboxylic acids is 1. The van der Waals surface area contributed by atoms with Gasteiger partial charge >= 0.3 is 5.97 Å². The van der Waals surface area contributed by atoms with Crippen molar-refractivity contribution in [2.75, 3.05) is 0 Å². The standard InChI is InChI=1S/C44H58F2N4O6/c1-23(6-13-39(54)55)31-11-12-32-40-33(17-25(3)44(31,32)5)43(4)15-14-29(21-28(43)22-36(40)51)49-38(53)18-26-7-9-30(10-8-26)56-41-34(45)19-27(20-35(41)46)24(2)16-37(52)50-42(47)48/h7-10,16,19-20,23,25,28-29,31-33,36,40,51H,6,11-15,17-18,21-22H2,1-5H3,(H,49,53)(H,54,55)(H4,47,48,50,52)/b24-16+/t23-,25+,28+,29+,31-,32+,33+,36-,40+,43+,44-/m1/s1. The summed E-state index contributed by atoms with van der Waals surface area (Å²) in [6, 6.07) is 8.61. The normalized spacial score (nSPS) is 33.0. The minimum atomic E-state index is -0.960. The van der Waals surface area contributed by atoms with Crippen molar-refractivity contribution in [3.05, 3.63) is 65.2 Å². The van der Waals surface area contributed by atoms with Gasteiger partial charge in [0.25, 0.3) is 5.91 Å². The van der Waals surface area contributed by atoms with Gasteiger partial charge in [-0.3, -0.25) is 14.4 Å². The third-order valence-electron chi connectivity index (χ3n) is 14.7. The molecule has 4 aliphatic rings. The predicted molar refractivity (Wildman–Crippen MR) is 210 cm³/mol. The van der Waals surface area contributed by atoms with E-state index in [4.69, 9.17) is 16.2 Å². The van der Waals surface area contributed by atoms with Crippen molar-refractivity contribution in [2.45, 2.75) is 111 Å². The Morgan fingerprint density at radius 3 is 2.36 bits per heavy atom. The molecule has 7 N–H and O–H groups in total. The molecule has 6 rings (SSSR count). The molecule has 304 valence electrons. The maximum Gasteiger partial charge on any atom is 0.303 e. The fourth-order valence-corrected chi connectivity index (χ4v) is 11.8. The summed E-state index contributed by atoms with van der Waals surface area (Å²) in [6.07, 6.45) is 8.45. The number of aliphatic carboxylic acids is 1. The van der Waals surface area contributed by atoms with Gasteiger partial charge in [-0.05, 0) is 152 Å². The average molecular weight is 777 g/mol. The van der Waals surface area contributed by atoms with Crippen LogP contribution in [0.3, 0.4) is 0 Å². The Bertz CT molecular complexity index is 1860. The first-order valence-electron chi connectivity index (χ1n) is 20.2. The Kier molecular flexibility index (Phi) is 12.0. The number of nitrogens with one attached hydrogen (secondary N) is 1. The maximum absolute atomic E-state index is 15.0. The second-order valence-corrected chi connectivity index (χ2v) is 17.8. The number of halogens is 2. The molecule has 0 heterocycles. The Morgan fingerprint density at radius 2 is 1.71 bits per heavy atom. The van der Waals surface area contributed by atoms with E-state index in [1.807, 2.05) is 0 Å². The van der Waals surface area contributed by atoms with Crippen LogP contribution in [-0.2, 0) is 20.8 Å².